The zero-order valence-electron chi connectivity index (χ0n) is 53.2. The van der Waals surface area contributed by atoms with Gasteiger partial charge in [-0.2, -0.15) is 11.8 Å². The highest BCUT2D eigenvalue weighted by Gasteiger charge is 2.57. The van der Waals surface area contributed by atoms with Gasteiger partial charge >= 0.3 is 12.1 Å². The Morgan fingerprint density at radius 3 is 2.25 bits per heavy atom. The first-order valence-corrected chi connectivity index (χ1v) is 32.0. The number of ether oxygens (including phenoxy) is 8. The molecular formula is C64H100FN7O12S. The molecule has 4 fully saturated rings. The number of cyclic esters (lactones) is 1. The first-order chi connectivity index (χ1) is 40.3. The Balaban J connectivity index is 1.17. The van der Waals surface area contributed by atoms with Crippen molar-refractivity contribution in [3.8, 4) is 11.1 Å². The van der Waals surface area contributed by atoms with Crippen LogP contribution in [0, 0.1) is 42.4 Å². The molecule has 4 aliphatic rings. The number of ketones is 1. The number of rotatable bonds is 20. The highest BCUT2D eigenvalue weighted by molar-refractivity contribution is 7.99. The van der Waals surface area contributed by atoms with E-state index in [1.807, 2.05) is 117 Å². The summed E-state index contributed by atoms with van der Waals surface area (Å²) in [7, 11) is 6.83. The maximum atomic E-state index is 15.3. The van der Waals surface area contributed by atoms with Crippen molar-refractivity contribution in [2.75, 3.05) is 59.6 Å². The Bertz CT molecular complexity index is 2620. The number of hydrogen-bond donors (Lipinski definition) is 3. The van der Waals surface area contributed by atoms with Crippen molar-refractivity contribution in [2.45, 2.75) is 211 Å². The second kappa shape index (κ2) is 29.9. The normalized spacial score (nSPS) is 35.6. The number of benzene rings is 1. The van der Waals surface area contributed by atoms with Crippen LogP contribution < -0.4 is 11.1 Å². The molecule has 3 aromatic rings. The fraction of sp³-hybridized carbons (Fsp3) is 0.750. The topological polar surface area (TPSA) is 230 Å². The maximum Gasteiger partial charge on any atom is 0.405 e. The SMILES string of the molecule is CC[C@H]1OC(=O)[C@H](C)C([C@H]2C[C@@](C)(OC)[C@@H](O)[C@H](C)O2)[C@H](C)[C@@H](O[C@H]2C[C@@H](N(C)CCc3cn([C@H](CF)[C@H](OC)c4ccc(-c5ccc(C)nc5)cc4)nn3)C[C@@H](C)O2)[C@](C)(OC)C[C@@H](C)C(=O)[C@H](C)[C@@H](CNC2CCSCC2)[C@]1(C)OC(N)=O. The van der Waals surface area contributed by atoms with Crippen LogP contribution in [0.1, 0.15) is 143 Å². The molecule has 1 unspecified atom stereocenters. The molecule has 4 aliphatic heterocycles. The number of aliphatic hydroxyl groups is 1. The molecule has 0 saturated carbocycles. The number of pyridine rings is 1. The first-order valence-electron chi connectivity index (χ1n) is 30.8. The standard InChI is InChI=1S/C64H100FN7O12S/c1-16-53-64(11,84-61(66)76)50(35-68-47-24-27-85-28-25-47)40(5)56(73)37(2)31-63(10,79-15)59(41(6)55(42(7)60(75)82-53)52-32-62(9,78-14)58(74)43(8)81-52)83-54-30-49(29-39(4)80-54)71(12)26-23-48-36-72(70-69-48)51(33-65)57(77-13)45-21-19-44(20-22-45)46-18-17-38(3)67-34-46/h17-22,34,36-37,39-43,47,49-55,57-59,68,74H,16,23-33,35H2,1-15H3,(H2,66,76)/t37-,39-,40-,41+,42-,43+,49+,50-,51-,52-,53-,54+,55?,57-,58+,59-,62-,63-,64+/m1/s1. The van der Waals surface area contributed by atoms with Crippen LogP contribution in [0.15, 0.2) is 48.8 Å². The minimum atomic E-state index is -1.53. The monoisotopic (exact) mass is 1210 g/mol. The molecule has 2 aromatic heterocycles. The molecule has 19 atom stereocenters. The molecule has 4 N–H and O–H groups in total. The number of aryl methyl sites for hydroxylation is 1. The average molecular weight is 1210 g/mol. The number of Topliss-reactive ketones (excluding diaryl/α,β-unsaturated/α-hetero) is 1. The number of methoxy groups -OCH3 is 3. The predicted molar refractivity (Wildman–Crippen MR) is 324 cm³/mol. The van der Waals surface area contributed by atoms with E-state index in [0.717, 1.165) is 46.7 Å². The quantitative estimate of drug-likeness (QED) is 0.0896. The number of carbonyl (C=O) groups is 3. The van der Waals surface area contributed by atoms with Gasteiger partial charge in [0.15, 0.2) is 11.9 Å². The molecule has 1 amide bonds. The third-order valence-electron chi connectivity index (χ3n) is 19.7. The summed E-state index contributed by atoms with van der Waals surface area (Å²) in [5, 5.41) is 24.2. The smallest absolute Gasteiger partial charge is 0.405 e. The fourth-order valence-electron chi connectivity index (χ4n) is 14.4. The van der Waals surface area contributed by atoms with Gasteiger partial charge in [0.25, 0.3) is 0 Å². The molecule has 19 nitrogen and oxygen atoms in total. The van der Waals surface area contributed by atoms with E-state index in [1.165, 1.54) is 0 Å². The Hall–Kier alpha value is -4.16. The molecule has 0 spiro atoms. The molecule has 21 heteroatoms. The molecule has 6 heterocycles. The lowest BCUT2D eigenvalue weighted by atomic mass is 9.67. The Kier molecular flexibility index (Phi) is 24.0. The minimum absolute atomic E-state index is 0.0140. The van der Waals surface area contributed by atoms with Gasteiger partial charge in [0.2, 0.25) is 0 Å². The van der Waals surface area contributed by atoms with Crippen LogP contribution in [0.4, 0.5) is 9.18 Å². The van der Waals surface area contributed by atoms with Crippen molar-refractivity contribution in [1.29, 1.82) is 0 Å². The van der Waals surface area contributed by atoms with Crippen LogP contribution in [0.3, 0.4) is 0 Å². The van der Waals surface area contributed by atoms with Gasteiger partial charge in [-0.05, 0) is 115 Å². The number of aliphatic hydroxyl groups excluding tert-OH is 1. The third kappa shape index (κ3) is 16.0. The third-order valence-corrected chi connectivity index (χ3v) is 20.8. The van der Waals surface area contributed by atoms with Crippen molar-refractivity contribution in [1.82, 2.24) is 30.2 Å². The minimum Gasteiger partial charge on any atom is -0.458 e. The number of halogens is 1. The van der Waals surface area contributed by atoms with Crippen LogP contribution in [-0.2, 0) is 53.9 Å². The van der Waals surface area contributed by atoms with E-state index in [0.29, 0.717) is 38.0 Å². The van der Waals surface area contributed by atoms with Crippen LogP contribution in [0.25, 0.3) is 11.1 Å². The number of aromatic nitrogens is 4. The summed E-state index contributed by atoms with van der Waals surface area (Å²) >= 11 is 1.91. The van der Waals surface area contributed by atoms with Crippen LogP contribution in [0.5, 0.6) is 0 Å². The highest BCUT2D eigenvalue weighted by Crippen LogP contribution is 2.47. The zero-order valence-corrected chi connectivity index (χ0v) is 54.0. The summed E-state index contributed by atoms with van der Waals surface area (Å²) in [6, 6.07) is 11.3. The van der Waals surface area contributed by atoms with Crippen molar-refractivity contribution in [3.63, 3.8) is 0 Å². The van der Waals surface area contributed by atoms with Crippen LogP contribution >= 0.6 is 11.8 Å². The largest absolute Gasteiger partial charge is 0.458 e. The number of thioether (sulfide) groups is 1. The van der Waals surface area contributed by atoms with Crippen molar-refractivity contribution in [3.05, 3.63) is 65.7 Å². The Morgan fingerprint density at radius 1 is 0.953 bits per heavy atom. The van der Waals surface area contributed by atoms with E-state index in [2.05, 4.69) is 32.6 Å². The molecular weight excluding hydrogens is 1110 g/mol. The first kappa shape index (κ1) is 68.3. The lowest BCUT2D eigenvalue weighted by Crippen LogP contribution is -2.62. The number of likely N-dealkylation sites (N-methyl/N-ethyl adjacent to an activating group) is 1. The van der Waals surface area contributed by atoms with Crippen molar-refractivity contribution < 1.29 is 61.8 Å². The molecule has 0 bridgehead atoms. The van der Waals surface area contributed by atoms with Gasteiger partial charge in [-0.15, -0.1) is 5.10 Å². The summed E-state index contributed by atoms with van der Waals surface area (Å²) in [4.78, 5) is 50.4. The second-order valence-corrected chi connectivity index (χ2v) is 26.8. The number of carbonyl (C=O) groups excluding carboxylic acids is 3. The number of nitrogens with zero attached hydrogens (tertiary/aromatic N) is 5. The van der Waals surface area contributed by atoms with Crippen molar-refractivity contribution in [2.24, 2.45) is 41.2 Å². The number of esters is 1. The summed E-state index contributed by atoms with van der Waals surface area (Å²) in [5.74, 6) is -2.75. The van der Waals surface area contributed by atoms with Gasteiger partial charge in [-0.25, -0.2) is 13.9 Å². The van der Waals surface area contributed by atoms with Gasteiger partial charge < -0.3 is 59.0 Å². The van der Waals surface area contributed by atoms with E-state index in [1.54, 1.807) is 46.1 Å². The molecule has 0 radical (unpaired) electrons. The summed E-state index contributed by atoms with van der Waals surface area (Å²) in [5.41, 5.74) is 6.57. The van der Waals surface area contributed by atoms with Crippen LogP contribution in [-0.4, -0.2) is 179 Å². The molecule has 7 rings (SSSR count). The van der Waals surface area contributed by atoms with E-state index in [4.69, 9.17) is 43.6 Å². The van der Waals surface area contributed by atoms with E-state index in [9.17, 15) is 9.90 Å². The maximum absolute atomic E-state index is 15.3. The second-order valence-electron chi connectivity index (χ2n) is 25.6. The molecule has 476 valence electrons. The number of nitrogens with one attached hydrogen (secondary N) is 1. The van der Waals surface area contributed by atoms with E-state index >= 15 is 14.0 Å². The van der Waals surface area contributed by atoms with E-state index < -0.39 is 120 Å². The highest BCUT2D eigenvalue weighted by atomic mass is 32.2. The number of hydrogen-bond acceptors (Lipinski definition) is 18. The lowest BCUT2D eigenvalue weighted by Gasteiger charge is -2.52. The number of primary amides is 1. The Morgan fingerprint density at radius 2 is 1.64 bits per heavy atom. The lowest BCUT2D eigenvalue weighted by molar-refractivity contribution is -0.278. The van der Waals surface area contributed by atoms with Crippen molar-refractivity contribution >= 4 is 29.6 Å². The van der Waals surface area contributed by atoms with Gasteiger partial charge in [0, 0.05) is 113 Å². The molecule has 1 aromatic carbocycles. The average Bonchev–Trinajstić information content (AvgIpc) is 1.54. The molecule has 0 aliphatic carbocycles. The molecule has 85 heavy (non-hydrogen) atoms. The summed E-state index contributed by atoms with van der Waals surface area (Å²) in [6.45, 7) is 21.0. The number of alkyl halides is 1. The van der Waals surface area contributed by atoms with Gasteiger partial charge in [-0.1, -0.05) is 70.2 Å². The predicted octanol–water partition coefficient (Wildman–Crippen LogP) is 9.06. The number of nitrogens with two attached hydrogens (primary N) is 1. The number of amides is 1. The van der Waals surface area contributed by atoms with Gasteiger partial charge in [0.05, 0.1) is 47.2 Å². The van der Waals surface area contributed by atoms with E-state index in [-0.39, 0.29) is 43.2 Å². The van der Waals surface area contributed by atoms with Crippen LogP contribution in [0.2, 0.25) is 0 Å². The summed E-state index contributed by atoms with van der Waals surface area (Å²) in [6.07, 6.45) is 1.09. The summed E-state index contributed by atoms with van der Waals surface area (Å²) < 4.78 is 69.1. The van der Waals surface area contributed by atoms with Gasteiger partial charge in [-0.3, -0.25) is 14.6 Å². The zero-order chi connectivity index (χ0) is 62.1. The fourth-order valence-corrected chi connectivity index (χ4v) is 15.5. The molecule has 4 saturated heterocycles. The van der Waals surface area contributed by atoms with Gasteiger partial charge in [0.1, 0.15) is 36.8 Å². The Labute approximate surface area is 508 Å².